The Balaban J connectivity index is 2.11. The van der Waals surface area contributed by atoms with Crippen LogP contribution in [0.2, 0.25) is 0 Å². The van der Waals surface area contributed by atoms with Gasteiger partial charge in [-0.3, -0.25) is 4.79 Å². The molecule has 1 aliphatic carbocycles. The SMILES string of the molecule is CN(C(=O)c1ccc(O)c(O)c1)C1CCCCC1. The summed E-state index contributed by atoms with van der Waals surface area (Å²) in [5, 5.41) is 18.7. The summed E-state index contributed by atoms with van der Waals surface area (Å²) in [7, 11) is 1.81. The van der Waals surface area contributed by atoms with Gasteiger partial charge in [0.05, 0.1) is 0 Å². The molecule has 1 aromatic carbocycles. The molecule has 0 saturated heterocycles. The lowest BCUT2D eigenvalue weighted by Gasteiger charge is -2.31. The zero-order chi connectivity index (χ0) is 13.1. The van der Waals surface area contributed by atoms with Crippen LogP contribution in [-0.2, 0) is 0 Å². The average molecular weight is 249 g/mol. The van der Waals surface area contributed by atoms with Crippen molar-refractivity contribution in [2.45, 2.75) is 38.1 Å². The topological polar surface area (TPSA) is 60.8 Å². The van der Waals surface area contributed by atoms with E-state index in [9.17, 15) is 15.0 Å². The Morgan fingerprint density at radius 1 is 1.17 bits per heavy atom. The van der Waals surface area contributed by atoms with E-state index in [0.717, 1.165) is 12.8 Å². The summed E-state index contributed by atoms with van der Waals surface area (Å²) in [5.74, 6) is -0.554. The van der Waals surface area contributed by atoms with E-state index in [4.69, 9.17) is 0 Å². The molecule has 0 aliphatic heterocycles. The molecule has 2 N–H and O–H groups in total. The molecule has 1 fully saturated rings. The quantitative estimate of drug-likeness (QED) is 0.792. The molecule has 0 heterocycles. The zero-order valence-electron chi connectivity index (χ0n) is 10.6. The van der Waals surface area contributed by atoms with Crippen molar-refractivity contribution >= 4 is 5.91 Å². The van der Waals surface area contributed by atoms with Crippen LogP contribution in [0.5, 0.6) is 11.5 Å². The van der Waals surface area contributed by atoms with Crippen molar-refractivity contribution < 1.29 is 15.0 Å². The Morgan fingerprint density at radius 3 is 2.44 bits per heavy atom. The first-order valence-electron chi connectivity index (χ1n) is 6.38. The third kappa shape index (κ3) is 2.58. The molecule has 0 spiro atoms. The first kappa shape index (κ1) is 12.7. The Bertz CT molecular complexity index is 439. The van der Waals surface area contributed by atoms with E-state index in [0.29, 0.717) is 11.6 Å². The smallest absolute Gasteiger partial charge is 0.253 e. The van der Waals surface area contributed by atoms with Crippen LogP contribution in [0.1, 0.15) is 42.5 Å². The maximum Gasteiger partial charge on any atom is 0.253 e. The van der Waals surface area contributed by atoms with E-state index in [-0.39, 0.29) is 17.4 Å². The summed E-state index contributed by atoms with van der Waals surface area (Å²) < 4.78 is 0. The molecule has 2 rings (SSSR count). The van der Waals surface area contributed by atoms with Crippen LogP contribution in [-0.4, -0.2) is 34.1 Å². The number of phenolic OH excluding ortho intramolecular Hbond substituents is 2. The zero-order valence-corrected chi connectivity index (χ0v) is 10.6. The Labute approximate surface area is 107 Å². The number of rotatable bonds is 2. The third-order valence-corrected chi connectivity index (χ3v) is 3.67. The third-order valence-electron chi connectivity index (χ3n) is 3.67. The van der Waals surface area contributed by atoms with Gasteiger partial charge in [-0.05, 0) is 31.0 Å². The van der Waals surface area contributed by atoms with Gasteiger partial charge in [0.1, 0.15) is 0 Å². The number of amides is 1. The first-order valence-corrected chi connectivity index (χ1v) is 6.38. The van der Waals surface area contributed by atoms with Crippen molar-refractivity contribution in [2.75, 3.05) is 7.05 Å². The summed E-state index contributed by atoms with van der Waals surface area (Å²) in [6.07, 6.45) is 5.68. The minimum atomic E-state index is -0.252. The summed E-state index contributed by atoms with van der Waals surface area (Å²) >= 11 is 0. The second-order valence-corrected chi connectivity index (χ2v) is 4.91. The molecule has 0 unspecified atom stereocenters. The second-order valence-electron chi connectivity index (χ2n) is 4.91. The predicted molar refractivity (Wildman–Crippen MR) is 68.7 cm³/mol. The monoisotopic (exact) mass is 249 g/mol. The number of benzene rings is 1. The van der Waals surface area contributed by atoms with Crippen LogP contribution in [0, 0.1) is 0 Å². The lowest BCUT2D eigenvalue weighted by Crippen LogP contribution is -2.38. The van der Waals surface area contributed by atoms with Crippen molar-refractivity contribution in [3.05, 3.63) is 23.8 Å². The largest absolute Gasteiger partial charge is 0.504 e. The van der Waals surface area contributed by atoms with Crippen LogP contribution in [0.4, 0.5) is 0 Å². The summed E-state index contributed by atoms with van der Waals surface area (Å²) in [4.78, 5) is 14.0. The van der Waals surface area contributed by atoms with Crippen molar-refractivity contribution in [2.24, 2.45) is 0 Å². The molecule has 1 saturated carbocycles. The lowest BCUT2D eigenvalue weighted by molar-refractivity contribution is 0.0696. The molecule has 1 aliphatic rings. The van der Waals surface area contributed by atoms with E-state index in [1.807, 2.05) is 7.05 Å². The summed E-state index contributed by atoms with van der Waals surface area (Å²) in [5.41, 5.74) is 0.415. The molecule has 4 nitrogen and oxygen atoms in total. The van der Waals surface area contributed by atoms with Gasteiger partial charge in [0.2, 0.25) is 0 Å². The van der Waals surface area contributed by atoms with Gasteiger partial charge < -0.3 is 15.1 Å². The van der Waals surface area contributed by atoms with Crippen molar-refractivity contribution in [1.82, 2.24) is 4.90 Å². The van der Waals surface area contributed by atoms with Gasteiger partial charge in [-0.1, -0.05) is 19.3 Å². The molecule has 0 radical (unpaired) electrons. The maximum absolute atomic E-state index is 12.2. The van der Waals surface area contributed by atoms with E-state index in [2.05, 4.69) is 0 Å². The van der Waals surface area contributed by atoms with Gasteiger partial charge >= 0.3 is 0 Å². The Kier molecular flexibility index (Phi) is 3.75. The number of nitrogens with zero attached hydrogens (tertiary/aromatic N) is 1. The van der Waals surface area contributed by atoms with Gasteiger partial charge in [-0.15, -0.1) is 0 Å². The molecular formula is C14H19NO3. The fraction of sp³-hybridized carbons (Fsp3) is 0.500. The standard InChI is InChI=1S/C14H19NO3/c1-15(11-5-3-2-4-6-11)14(18)10-7-8-12(16)13(17)9-10/h7-9,11,16-17H,2-6H2,1H3. The molecule has 1 aromatic rings. The highest BCUT2D eigenvalue weighted by Crippen LogP contribution is 2.27. The van der Waals surface area contributed by atoms with Crippen LogP contribution in [0.15, 0.2) is 18.2 Å². The van der Waals surface area contributed by atoms with E-state index in [1.165, 1.54) is 37.5 Å². The van der Waals surface area contributed by atoms with Crippen LogP contribution in [0.25, 0.3) is 0 Å². The number of hydrogen-bond acceptors (Lipinski definition) is 3. The van der Waals surface area contributed by atoms with Crippen LogP contribution < -0.4 is 0 Å². The fourth-order valence-electron chi connectivity index (χ4n) is 2.49. The van der Waals surface area contributed by atoms with Crippen LogP contribution in [0.3, 0.4) is 0 Å². The maximum atomic E-state index is 12.2. The van der Waals surface area contributed by atoms with Crippen molar-refractivity contribution in [3.8, 4) is 11.5 Å². The fourth-order valence-corrected chi connectivity index (χ4v) is 2.49. The van der Waals surface area contributed by atoms with Crippen molar-refractivity contribution in [3.63, 3.8) is 0 Å². The van der Waals surface area contributed by atoms with E-state index >= 15 is 0 Å². The minimum absolute atomic E-state index is 0.0998. The average Bonchev–Trinajstić information content (AvgIpc) is 2.41. The highest BCUT2D eigenvalue weighted by molar-refractivity contribution is 5.94. The van der Waals surface area contributed by atoms with Gasteiger partial charge in [0.25, 0.3) is 5.91 Å². The normalized spacial score (nSPS) is 16.5. The van der Waals surface area contributed by atoms with Gasteiger partial charge in [0, 0.05) is 18.7 Å². The molecule has 4 heteroatoms. The number of carbonyl (C=O) groups excluding carboxylic acids is 1. The molecule has 0 bridgehead atoms. The lowest BCUT2D eigenvalue weighted by atomic mass is 9.94. The number of carbonyl (C=O) groups is 1. The predicted octanol–water partition coefficient (Wildman–Crippen LogP) is 2.50. The second kappa shape index (κ2) is 5.29. The van der Waals surface area contributed by atoms with Crippen LogP contribution >= 0.6 is 0 Å². The number of hydrogen-bond donors (Lipinski definition) is 2. The van der Waals surface area contributed by atoms with E-state index in [1.54, 1.807) is 4.90 Å². The Hall–Kier alpha value is -1.71. The molecule has 0 atom stereocenters. The van der Waals surface area contributed by atoms with Crippen molar-refractivity contribution in [1.29, 1.82) is 0 Å². The highest BCUT2D eigenvalue weighted by atomic mass is 16.3. The molecule has 0 aromatic heterocycles. The van der Waals surface area contributed by atoms with E-state index < -0.39 is 0 Å². The molecule has 1 amide bonds. The summed E-state index contributed by atoms with van der Waals surface area (Å²) in [6.45, 7) is 0. The highest BCUT2D eigenvalue weighted by Gasteiger charge is 2.23. The molecular weight excluding hydrogens is 230 g/mol. The molecule has 98 valence electrons. The first-order chi connectivity index (χ1) is 8.59. The summed E-state index contributed by atoms with van der Waals surface area (Å²) in [6, 6.07) is 4.49. The van der Waals surface area contributed by atoms with Gasteiger partial charge in [-0.25, -0.2) is 0 Å². The van der Waals surface area contributed by atoms with Gasteiger partial charge in [-0.2, -0.15) is 0 Å². The number of phenols is 2. The molecule has 18 heavy (non-hydrogen) atoms. The Morgan fingerprint density at radius 2 is 1.83 bits per heavy atom. The van der Waals surface area contributed by atoms with Gasteiger partial charge in [0.15, 0.2) is 11.5 Å². The minimum Gasteiger partial charge on any atom is -0.504 e. The number of aromatic hydroxyl groups is 2.